The second kappa shape index (κ2) is 5.38. The number of pyridine rings is 1. The minimum Gasteiger partial charge on any atom is -0.480 e. The van der Waals surface area contributed by atoms with Gasteiger partial charge in [-0.05, 0) is 20.3 Å². The molecule has 0 saturated carbocycles. The van der Waals surface area contributed by atoms with E-state index in [1.165, 1.54) is 6.20 Å². The van der Waals surface area contributed by atoms with Gasteiger partial charge in [0.05, 0.1) is 10.6 Å². The van der Waals surface area contributed by atoms with Crippen LogP contribution in [-0.4, -0.2) is 44.5 Å². The topological polar surface area (TPSA) is 123 Å². The zero-order chi connectivity index (χ0) is 15.8. The molecule has 3 N–H and O–H groups in total. The summed E-state index contributed by atoms with van der Waals surface area (Å²) in [5.74, 6) is -1.02. The predicted molar refractivity (Wildman–Crippen MR) is 74.8 cm³/mol. The van der Waals surface area contributed by atoms with Crippen molar-refractivity contribution in [1.82, 2.24) is 9.88 Å². The standard InChI is InChI=1S/C13H18N4O4/c1-8-5-15-10(9(2)11(8)17(20)21)6-16-4-3-13(14,7-16)12(18)19/h5H,3-4,6-7,14H2,1-2H3,(H,18,19). The van der Waals surface area contributed by atoms with E-state index in [1.807, 2.05) is 4.90 Å². The van der Waals surface area contributed by atoms with Gasteiger partial charge in [0.15, 0.2) is 0 Å². The molecule has 1 fully saturated rings. The van der Waals surface area contributed by atoms with Crippen LogP contribution >= 0.6 is 0 Å². The second-order valence-electron chi connectivity index (χ2n) is 5.54. The lowest BCUT2D eigenvalue weighted by Gasteiger charge is -2.20. The van der Waals surface area contributed by atoms with Crippen LogP contribution in [0.5, 0.6) is 0 Å². The predicted octanol–water partition coefficient (Wildman–Crippen LogP) is 0.594. The molecule has 2 heterocycles. The summed E-state index contributed by atoms with van der Waals surface area (Å²) in [7, 11) is 0. The van der Waals surface area contributed by atoms with Crippen molar-refractivity contribution in [2.45, 2.75) is 32.4 Å². The Morgan fingerprint density at radius 2 is 2.29 bits per heavy atom. The number of hydrogen-bond acceptors (Lipinski definition) is 6. The molecule has 21 heavy (non-hydrogen) atoms. The van der Waals surface area contributed by atoms with Gasteiger partial charge in [-0.2, -0.15) is 0 Å². The Hall–Kier alpha value is -2.06. The summed E-state index contributed by atoms with van der Waals surface area (Å²) < 4.78 is 0. The molecular weight excluding hydrogens is 276 g/mol. The Bertz CT molecular complexity index is 604. The van der Waals surface area contributed by atoms with Crippen LogP contribution in [0.3, 0.4) is 0 Å². The van der Waals surface area contributed by atoms with E-state index in [1.54, 1.807) is 13.8 Å². The highest BCUT2D eigenvalue weighted by atomic mass is 16.6. The van der Waals surface area contributed by atoms with E-state index < -0.39 is 16.4 Å². The number of aromatic nitrogens is 1. The van der Waals surface area contributed by atoms with Crippen LogP contribution in [0.15, 0.2) is 6.20 Å². The van der Waals surface area contributed by atoms with Crippen molar-refractivity contribution in [3.8, 4) is 0 Å². The summed E-state index contributed by atoms with van der Waals surface area (Å²) in [6, 6.07) is 0. The van der Waals surface area contributed by atoms with Gasteiger partial charge in [-0.1, -0.05) is 0 Å². The molecule has 1 atom stereocenters. The molecule has 0 aliphatic carbocycles. The largest absolute Gasteiger partial charge is 0.480 e. The lowest BCUT2D eigenvalue weighted by molar-refractivity contribution is -0.386. The fraction of sp³-hybridized carbons (Fsp3) is 0.538. The molecule has 1 unspecified atom stereocenters. The number of aliphatic carboxylic acids is 1. The van der Waals surface area contributed by atoms with E-state index in [2.05, 4.69) is 4.98 Å². The smallest absolute Gasteiger partial charge is 0.325 e. The summed E-state index contributed by atoms with van der Waals surface area (Å²) >= 11 is 0. The van der Waals surface area contributed by atoms with Gasteiger partial charge in [0.2, 0.25) is 0 Å². The third kappa shape index (κ3) is 2.86. The third-order valence-electron chi connectivity index (χ3n) is 3.94. The van der Waals surface area contributed by atoms with Crippen molar-refractivity contribution in [3.05, 3.63) is 33.1 Å². The monoisotopic (exact) mass is 294 g/mol. The average molecular weight is 294 g/mol. The second-order valence-corrected chi connectivity index (χ2v) is 5.54. The summed E-state index contributed by atoms with van der Waals surface area (Å²) in [6.45, 7) is 4.42. The van der Waals surface area contributed by atoms with Crippen LogP contribution in [0.2, 0.25) is 0 Å². The number of carboxylic acid groups (broad SMARTS) is 1. The SMILES string of the molecule is Cc1cnc(CN2CCC(N)(C(=O)O)C2)c(C)c1[N+](=O)[O-]. The maximum atomic E-state index is 11.1. The van der Waals surface area contributed by atoms with Crippen LogP contribution in [0.1, 0.15) is 23.2 Å². The van der Waals surface area contributed by atoms with Crippen molar-refractivity contribution in [2.75, 3.05) is 13.1 Å². The number of hydrogen-bond donors (Lipinski definition) is 2. The quantitative estimate of drug-likeness (QED) is 0.615. The van der Waals surface area contributed by atoms with E-state index in [4.69, 9.17) is 10.8 Å². The van der Waals surface area contributed by atoms with Gasteiger partial charge in [-0.3, -0.25) is 24.8 Å². The lowest BCUT2D eigenvalue weighted by Crippen LogP contribution is -2.50. The molecule has 0 radical (unpaired) electrons. The first-order valence-electron chi connectivity index (χ1n) is 6.58. The van der Waals surface area contributed by atoms with E-state index >= 15 is 0 Å². The highest BCUT2D eigenvalue weighted by Gasteiger charge is 2.41. The maximum absolute atomic E-state index is 11.1. The van der Waals surface area contributed by atoms with Gasteiger partial charge in [-0.25, -0.2) is 0 Å². The van der Waals surface area contributed by atoms with Gasteiger partial charge >= 0.3 is 5.97 Å². The number of aryl methyl sites for hydroxylation is 1. The van der Waals surface area contributed by atoms with E-state index in [9.17, 15) is 14.9 Å². The molecule has 0 aromatic carbocycles. The molecule has 1 saturated heterocycles. The van der Waals surface area contributed by atoms with Gasteiger partial charge in [-0.15, -0.1) is 0 Å². The van der Waals surface area contributed by atoms with E-state index in [0.717, 1.165) is 0 Å². The first-order valence-corrected chi connectivity index (χ1v) is 6.58. The Labute approximate surface area is 121 Å². The van der Waals surface area contributed by atoms with Crippen molar-refractivity contribution in [3.63, 3.8) is 0 Å². The third-order valence-corrected chi connectivity index (χ3v) is 3.94. The molecule has 0 spiro atoms. The van der Waals surface area contributed by atoms with Crippen LogP contribution in [0, 0.1) is 24.0 Å². The molecule has 1 aliphatic rings. The zero-order valence-corrected chi connectivity index (χ0v) is 12.0. The van der Waals surface area contributed by atoms with Crippen molar-refractivity contribution in [2.24, 2.45) is 5.73 Å². The van der Waals surface area contributed by atoms with E-state index in [-0.39, 0.29) is 12.2 Å². The number of nitro groups is 1. The molecular formula is C13H18N4O4. The molecule has 0 amide bonds. The molecule has 1 aliphatic heterocycles. The molecule has 2 rings (SSSR count). The van der Waals surface area contributed by atoms with Gasteiger partial charge in [0.25, 0.3) is 5.69 Å². The van der Waals surface area contributed by atoms with Crippen molar-refractivity contribution < 1.29 is 14.8 Å². The summed E-state index contributed by atoms with van der Waals surface area (Å²) in [5, 5.41) is 20.2. The maximum Gasteiger partial charge on any atom is 0.325 e. The van der Waals surface area contributed by atoms with Crippen LogP contribution in [0.4, 0.5) is 5.69 Å². The number of likely N-dealkylation sites (tertiary alicyclic amines) is 1. The van der Waals surface area contributed by atoms with Gasteiger partial charge < -0.3 is 10.8 Å². The highest BCUT2D eigenvalue weighted by molar-refractivity contribution is 5.79. The number of nitrogens with zero attached hydrogens (tertiary/aromatic N) is 3. The molecule has 0 bridgehead atoms. The number of carboxylic acids is 1. The molecule has 8 heteroatoms. The summed E-state index contributed by atoms with van der Waals surface area (Å²) in [6.07, 6.45) is 1.83. The van der Waals surface area contributed by atoms with Gasteiger partial charge in [0, 0.05) is 37.0 Å². The lowest BCUT2D eigenvalue weighted by atomic mass is 10.0. The fourth-order valence-corrected chi connectivity index (χ4v) is 2.64. The van der Waals surface area contributed by atoms with Gasteiger partial charge in [0.1, 0.15) is 5.54 Å². The summed E-state index contributed by atoms with van der Waals surface area (Å²) in [5.41, 5.74) is 6.26. The minimum absolute atomic E-state index is 0.0662. The molecule has 1 aromatic rings. The molecule has 1 aromatic heterocycles. The molecule has 114 valence electrons. The van der Waals surface area contributed by atoms with Crippen molar-refractivity contribution >= 4 is 11.7 Å². The first kappa shape index (κ1) is 15.3. The average Bonchev–Trinajstić information content (AvgIpc) is 2.76. The number of nitrogens with two attached hydrogens (primary N) is 1. The Kier molecular flexibility index (Phi) is 3.93. The van der Waals surface area contributed by atoms with E-state index in [0.29, 0.717) is 36.3 Å². The van der Waals surface area contributed by atoms with Crippen LogP contribution < -0.4 is 5.73 Å². The zero-order valence-electron chi connectivity index (χ0n) is 12.0. The number of carbonyl (C=O) groups is 1. The summed E-state index contributed by atoms with van der Waals surface area (Å²) in [4.78, 5) is 27.9. The first-order chi connectivity index (χ1) is 9.74. The Morgan fingerprint density at radius 3 is 2.81 bits per heavy atom. The molecule has 8 nitrogen and oxygen atoms in total. The van der Waals surface area contributed by atoms with Crippen LogP contribution in [0.25, 0.3) is 0 Å². The normalized spacial score (nSPS) is 22.4. The fourth-order valence-electron chi connectivity index (χ4n) is 2.64. The number of rotatable bonds is 4. The Morgan fingerprint density at radius 1 is 1.62 bits per heavy atom. The van der Waals surface area contributed by atoms with Crippen LogP contribution in [-0.2, 0) is 11.3 Å². The minimum atomic E-state index is -1.25. The Balaban J connectivity index is 2.21. The van der Waals surface area contributed by atoms with Crippen molar-refractivity contribution in [1.29, 1.82) is 0 Å². The highest BCUT2D eigenvalue weighted by Crippen LogP contribution is 2.27.